The molecule has 0 aliphatic heterocycles. The summed E-state index contributed by atoms with van der Waals surface area (Å²) in [7, 11) is 0. The predicted octanol–water partition coefficient (Wildman–Crippen LogP) is 2.78. The van der Waals surface area contributed by atoms with E-state index in [9.17, 15) is 8.78 Å². The number of rotatable bonds is 2. The van der Waals surface area contributed by atoms with Gasteiger partial charge in [-0.05, 0) is 12.8 Å². The van der Waals surface area contributed by atoms with Gasteiger partial charge in [0.05, 0.1) is 11.4 Å². The van der Waals surface area contributed by atoms with Crippen molar-refractivity contribution in [2.24, 2.45) is 0 Å². The molecule has 1 aliphatic carbocycles. The zero-order chi connectivity index (χ0) is 12.7. The minimum Gasteiger partial charge on any atom is -0.383 e. The molecule has 2 aromatic rings. The first-order chi connectivity index (χ1) is 8.68. The lowest BCUT2D eigenvalue weighted by molar-refractivity contribution is 0.145. The van der Waals surface area contributed by atoms with Crippen LogP contribution in [0.5, 0.6) is 0 Å². The van der Waals surface area contributed by atoms with Gasteiger partial charge in [0.2, 0.25) is 0 Å². The predicted molar refractivity (Wildman–Crippen MR) is 63.4 cm³/mol. The molecule has 18 heavy (non-hydrogen) atoms. The van der Waals surface area contributed by atoms with Crippen LogP contribution in [0.2, 0.25) is 0 Å². The standard InChI is InChI=1S/C11H15F2N5/c12-9(13)8-7-10(14)15-16-11(7)18(17-8)6-4-2-1-3-5-6/h6,9H,1-5H2,(H3,14,15,16). The largest absolute Gasteiger partial charge is 0.383 e. The Labute approximate surface area is 102 Å². The van der Waals surface area contributed by atoms with Gasteiger partial charge in [-0.1, -0.05) is 19.3 Å². The van der Waals surface area contributed by atoms with Gasteiger partial charge in [-0.2, -0.15) is 10.2 Å². The number of alkyl halides is 2. The highest BCUT2D eigenvalue weighted by Crippen LogP contribution is 2.35. The molecule has 5 nitrogen and oxygen atoms in total. The van der Waals surface area contributed by atoms with E-state index in [1.165, 1.54) is 6.42 Å². The molecule has 1 aliphatic rings. The van der Waals surface area contributed by atoms with Crippen molar-refractivity contribution in [2.75, 3.05) is 5.73 Å². The average molecular weight is 255 g/mol. The van der Waals surface area contributed by atoms with Crippen molar-refractivity contribution in [1.29, 1.82) is 0 Å². The van der Waals surface area contributed by atoms with E-state index in [2.05, 4.69) is 15.3 Å². The van der Waals surface area contributed by atoms with Crippen LogP contribution in [0.3, 0.4) is 0 Å². The Morgan fingerprint density at radius 1 is 1.28 bits per heavy atom. The van der Waals surface area contributed by atoms with Gasteiger partial charge in [0.1, 0.15) is 11.5 Å². The lowest BCUT2D eigenvalue weighted by atomic mass is 9.96. The normalized spacial score (nSPS) is 17.9. The van der Waals surface area contributed by atoms with E-state index in [-0.39, 0.29) is 22.9 Å². The van der Waals surface area contributed by atoms with E-state index < -0.39 is 6.43 Å². The van der Waals surface area contributed by atoms with Crippen LogP contribution in [0.15, 0.2) is 0 Å². The number of fused-ring (bicyclic) bond motifs is 1. The Kier molecular flexibility index (Phi) is 2.68. The maximum atomic E-state index is 13.0. The SMILES string of the molecule is Nc1[nH]nc2c1c(C(F)F)nn2C1CCCCC1. The van der Waals surface area contributed by atoms with Crippen LogP contribution >= 0.6 is 0 Å². The van der Waals surface area contributed by atoms with Crippen LogP contribution in [-0.2, 0) is 0 Å². The van der Waals surface area contributed by atoms with Gasteiger partial charge >= 0.3 is 0 Å². The first-order valence-corrected chi connectivity index (χ1v) is 6.18. The molecule has 7 heteroatoms. The van der Waals surface area contributed by atoms with Crippen molar-refractivity contribution in [3.8, 4) is 0 Å². The fourth-order valence-electron chi connectivity index (χ4n) is 2.71. The first-order valence-electron chi connectivity index (χ1n) is 6.18. The minimum atomic E-state index is -2.63. The summed E-state index contributed by atoms with van der Waals surface area (Å²) in [5.41, 5.74) is 5.84. The van der Waals surface area contributed by atoms with Crippen molar-refractivity contribution in [2.45, 2.75) is 44.6 Å². The number of halogens is 2. The van der Waals surface area contributed by atoms with Crippen molar-refractivity contribution >= 4 is 16.9 Å². The van der Waals surface area contributed by atoms with E-state index >= 15 is 0 Å². The summed E-state index contributed by atoms with van der Waals surface area (Å²) in [6.45, 7) is 0. The lowest BCUT2D eigenvalue weighted by Crippen LogP contribution is -2.14. The number of nitrogens with zero attached hydrogens (tertiary/aromatic N) is 3. The Bertz CT molecular complexity index is 553. The molecular weight excluding hydrogens is 240 g/mol. The van der Waals surface area contributed by atoms with Gasteiger partial charge in [-0.15, -0.1) is 0 Å². The van der Waals surface area contributed by atoms with E-state index in [1.807, 2.05) is 0 Å². The molecule has 2 heterocycles. The van der Waals surface area contributed by atoms with E-state index in [4.69, 9.17) is 5.73 Å². The Hall–Kier alpha value is -1.66. The van der Waals surface area contributed by atoms with E-state index in [1.54, 1.807) is 4.68 Å². The summed E-state index contributed by atoms with van der Waals surface area (Å²) in [4.78, 5) is 0. The molecule has 3 N–H and O–H groups in total. The second-order valence-corrected chi connectivity index (χ2v) is 4.76. The average Bonchev–Trinajstić information content (AvgIpc) is 2.92. The third-order valence-electron chi connectivity index (χ3n) is 3.59. The number of hydrogen-bond donors (Lipinski definition) is 2. The van der Waals surface area contributed by atoms with Crippen molar-refractivity contribution in [3.63, 3.8) is 0 Å². The number of nitrogen functional groups attached to an aromatic ring is 1. The molecule has 0 bridgehead atoms. The summed E-state index contributed by atoms with van der Waals surface area (Å²) in [6.07, 6.45) is 2.72. The van der Waals surface area contributed by atoms with Gasteiger partial charge in [0.25, 0.3) is 6.43 Å². The number of anilines is 1. The molecule has 0 radical (unpaired) electrons. The highest BCUT2D eigenvalue weighted by molar-refractivity contribution is 5.89. The second kappa shape index (κ2) is 4.22. The molecule has 0 aromatic carbocycles. The molecule has 0 atom stereocenters. The number of aromatic nitrogens is 4. The number of H-pyrrole nitrogens is 1. The molecule has 1 saturated carbocycles. The zero-order valence-corrected chi connectivity index (χ0v) is 9.87. The fraction of sp³-hybridized carbons (Fsp3) is 0.636. The molecule has 0 saturated heterocycles. The molecule has 98 valence electrons. The van der Waals surface area contributed by atoms with Crippen LogP contribution in [0.4, 0.5) is 14.6 Å². The second-order valence-electron chi connectivity index (χ2n) is 4.76. The van der Waals surface area contributed by atoms with Gasteiger partial charge in [-0.25, -0.2) is 13.5 Å². The molecule has 0 spiro atoms. The summed E-state index contributed by atoms with van der Waals surface area (Å²) >= 11 is 0. The summed E-state index contributed by atoms with van der Waals surface area (Å²) in [6, 6.07) is 0.163. The maximum absolute atomic E-state index is 13.0. The Balaban J connectivity index is 2.11. The molecule has 0 amide bonds. The molecular formula is C11H15F2N5. The van der Waals surface area contributed by atoms with Crippen molar-refractivity contribution < 1.29 is 8.78 Å². The highest BCUT2D eigenvalue weighted by atomic mass is 19.3. The number of nitrogens with two attached hydrogens (primary N) is 1. The smallest absolute Gasteiger partial charge is 0.282 e. The molecule has 1 fully saturated rings. The first kappa shape index (κ1) is 11.4. The van der Waals surface area contributed by atoms with Gasteiger partial charge < -0.3 is 5.73 Å². The molecule has 0 unspecified atom stereocenters. The maximum Gasteiger partial charge on any atom is 0.282 e. The highest BCUT2D eigenvalue weighted by Gasteiger charge is 2.27. The van der Waals surface area contributed by atoms with Crippen LogP contribution in [-0.4, -0.2) is 20.0 Å². The van der Waals surface area contributed by atoms with Gasteiger partial charge in [0.15, 0.2) is 5.65 Å². The quantitative estimate of drug-likeness (QED) is 0.866. The molecule has 2 aromatic heterocycles. The van der Waals surface area contributed by atoms with Crippen molar-refractivity contribution in [3.05, 3.63) is 5.69 Å². The minimum absolute atomic E-state index is 0.163. The Morgan fingerprint density at radius 2 is 2.00 bits per heavy atom. The zero-order valence-electron chi connectivity index (χ0n) is 9.87. The Morgan fingerprint density at radius 3 is 2.67 bits per heavy atom. The van der Waals surface area contributed by atoms with Gasteiger partial charge in [-0.3, -0.25) is 5.10 Å². The summed E-state index contributed by atoms with van der Waals surface area (Å²) < 4.78 is 27.6. The van der Waals surface area contributed by atoms with Crippen LogP contribution in [0.25, 0.3) is 11.0 Å². The lowest BCUT2D eigenvalue weighted by Gasteiger charge is -2.21. The number of nitrogens with one attached hydrogen (secondary N) is 1. The molecule has 3 rings (SSSR count). The van der Waals surface area contributed by atoms with Crippen LogP contribution < -0.4 is 5.73 Å². The third kappa shape index (κ3) is 1.65. The van der Waals surface area contributed by atoms with Crippen LogP contribution in [0, 0.1) is 0 Å². The van der Waals surface area contributed by atoms with Crippen LogP contribution in [0.1, 0.15) is 50.3 Å². The topological polar surface area (TPSA) is 72.5 Å². The summed E-state index contributed by atoms with van der Waals surface area (Å²) in [5.74, 6) is 0.169. The monoisotopic (exact) mass is 255 g/mol. The number of aromatic amines is 1. The fourth-order valence-corrected chi connectivity index (χ4v) is 2.71. The van der Waals surface area contributed by atoms with E-state index in [0.717, 1.165) is 25.7 Å². The van der Waals surface area contributed by atoms with E-state index in [0.29, 0.717) is 5.65 Å². The van der Waals surface area contributed by atoms with Gasteiger partial charge in [0, 0.05) is 0 Å². The van der Waals surface area contributed by atoms with Crippen molar-refractivity contribution in [1.82, 2.24) is 20.0 Å². The third-order valence-corrected chi connectivity index (χ3v) is 3.59. The summed E-state index contributed by atoms with van der Waals surface area (Å²) in [5, 5.41) is 10.9. The number of hydrogen-bond acceptors (Lipinski definition) is 3.